The number of aliphatic carboxylic acids is 1. The molecule has 14 heavy (non-hydrogen) atoms. The Morgan fingerprint density at radius 2 is 1.93 bits per heavy atom. The molecule has 82 valence electrons. The summed E-state index contributed by atoms with van der Waals surface area (Å²) in [5.41, 5.74) is 0. The van der Waals surface area contributed by atoms with Crippen LogP contribution in [0.15, 0.2) is 0 Å². The quantitative estimate of drug-likeness (QED) is 0.657. The van der Waals surface area contributed by atoms with Crippen molar-refractivity contribution in [3.63, 3.8) is 0 Å². The average molecular weight is 222 g/mol. The van der Waals surface area contributed by atoms with Crippen LogP contribution in [0.4, 0.5) is 0 Å². The smallest absolute Gasteiger partial charge is 0.306 e. The van der Waals surface area contributed by atoms with Crippen LogP contribution in [0.2, 0.25) is 0 Å². The van der Waals surface area contributed by atoms with Crippen molar-refractivity contribution in [2.75, 3.05) is 20.1 Å². The van der Waals surface area contributed by atoms with Crippen molar-refractivity contribution in [3.05, 3.63) is 0 Å². The van der Waals surface area contributed by atoms with E-state index in [0.29, 0.717) is 12.8 Å². The van der Waals surface area contributed by atoms with Crippen LogP contribution >= 0.6 is 0 Å². The molecule has 0 unspecified atom stereocenters. The summed E-state index contributed by atoms with van der Waals surface area (Å²) < 4.78 is 26.1. The van der Waals surface area contributed by atoms with Gasteiger partial charge in [-0.2, -0.15) is 12.7 Å². The van der Waals surface area contributed by atoms with E-state index in [2.05, 4.69) is 4.72 Å². The molecule has 0 aliphatic carbocycles. The van der Waals surface area contributed by atoms with E-state index in [-0.39, 0.29) is 13.1 Å². The first kappa shape index (κ1) is 11.4. The van der Waals surface area contributed by atoms with Crippen LogP contribution in [0.3, 0.4) is 0 Å². The molecule has 1 heterocycles. The molecular formula is C7H14N2O4S. The van der Waals surface area contributed by atoms with Gasteiger partial charge in [0.1, 0.15) is 0 Å². The molecule has 0 aromatic rings. The van der Waals surface area contributed by atoms with E-state index in [1.165, 1.54) is 11.4 Å². The molecule has 1 saturated heterocycles. The van der Waals surface area contributed by atoms with E-state index in [4.69, 9.17) is 5.11 Å². The zero-order chi connectivity index (χ0) is 10.8. The van der Waals surface area contributed by atoms with Gasteiger partial charge < -0.3 is 5.11 Å². The third kappa shape index (κ3) is 2.43. The number of carboxylic acids is 1. The second kappa shape index (κ2) is 4.24. The van der Waals surface area contributed by atoms with Gasteiger partial charge in [0.2, 0.25) is 0 Å². The first-order valence-electron chi connectivity index (χ1n) is 4.39. The van der Waals surface area contributed by atoms with Gasteiger partial charge in [-0.25, -0.2) is 4.72 Å². The lowest BCUT2D eigenvalue weighted by Gasteiger charge is -2.28. The summed E-state index contributed by atoms with van der Waals surface area (Å²) in [6, 6.07) is 0. The molecular weight excluding hydrogens is 208 g/mol. The Bertz CT molecular complexity index is 306. The summed E-state index contributed by atoms with van der Waals surface area (Å²) in [7, 11) is -2.03. The third-order valence-electron chi connectivity index (χ3n) is 2.40. The number of nitrogens with zero attached hydrogens (tertiary/aromatic N) is 1. The Labute approximate surface area is 83.1 Å². The third-order valence-corrected chi connectivity index (χ3v) is 3.96. The van der Waals surface area contributed by atoms with Crippen LogP contribution in [0.5, 0.6) is 0 Å². The lowest BCUT2D eigenvalue weighted by Crippen LogP contribution is -2.44. The largest absolute Gasteiger partial charge is 0.481 e. The Morgan fingerprint density at radius 1 is 1.43 bits per heavy atom. The molecule has 0 radical (unpaired) electrons. The van der Waals surface area contributed by atoms with Gasteiger partial charge in [0.25, 0.3) is 10.2 Å². The maximum absolute atomic E-state index is 11.3. The normalized spacial score (nSPS) is 20.9. The second-order valence-corrected chi connectivity index (χ2v) is 5.10. The summed E-state index contributed by atoms with van der Waals surface area (Å²) in [5.74, 6) is -1.25. The standard InChI is InChI=1S/C7H14N2O4S/c1-8-14(12,13)9-4-2-6(3-5-9)7(10)11/h6,8H,2-5H2,1H3,(H,10,11). The maximum atomic E-state index is 11.3. The fourth-order valence-corrected chi connectivity index (χ4v) is 2.42. The van der Waals surface area contributed by atoms with Crippen molar-refractivity contribution in [1.82, 2.24) is 9.03 Å². The van der Waals surface area contributed by atoms with Crippen molar-refractivity contribution >= 4 is 16.2 Å². The molecule has 1 aliphatic rings. The average Bonchev–Trinajstić information content (AvgIpc) is 2.18. The van der Waals surface area contributed by atoms with Crippen molar-refractivity contribution in [2.45, 2.75) is 12.8 Å². The van der Waals surface area contributed by atoms with E-state index >= 15 is 0 Å². The minimum absolute atomic E-state index is 0.278. The van der Waals surface area contributed by atoms with E-state index < -0.39 is 22.1 Å². The highest BCUT2D eigenvalue weighted by Crippen LogP contribution is 2.18. The Hall–Kier alpha value is -0.660. The highest BCUT2D eigenvalue weighted by atomic mass is 32.2. The van der Waals surface area contributed by atoms with E-state index in [1.807, 2.05) is 0 Å². The topological polar surface area (TPSA) is 86.7 Å². The van der Waals surface area contributed by atoms with Crippen LogP contribution in [0.1, 0.15) is 12.8 Å². The van der Waals surface area contributed by atoms with Gasteiger partial charge in [-0.05, 0) is 12.8 Å². The molecule has 0 bridgehead atoms. The van der Waals surface area contributed by atoms with Crippen molar-refractivity contribution in [1.29, 1.82) is 0 Å². The summed E-state index contributed by atoms with van der Waals surface area (Å²) in [4.78, 5) is 10.6. The fraction of sp³-hybridized carbons (Fsp3) is 0.857. The van der Waals surface area contributed by atoms with Crippen LogP contribution in [-0.2, 0) is 15.0 Å². The number of rotatable bonds is 3. The highest BCUT2D eigenvalue weighted by Gasteiger charge is 2.29. The van der Waals surface area contributed by atoms with Crippen molar-refractivity contribution in [2.24, 2.45) is 5.92 Å². The summed E-state index contributed by atoms with van der Waals surface area (Å²) in [6.07, 6.45) is 0.770. The monoisotopic (exact) mass is 222 g/mol. The van der Waals surface area contributed by atoms with Crippen LogP contribution in [0.25, 0.3) is 0 Å². The van der Waals surface area contributed by atoms with E-state index in [0.717, 1.165) is 0 Å². The number of nitrogens with one attached hydrogen (secondary N) is 1. The molecule has 6 nitrogen and oxygen atoms in total. The van der Waals surface area contributed by atoms with E-state index in [9.17, 15) is 13.2 Å². The first-order chi connectivity index (χ1) is 6.47. The minimum atomic E-state index is -3.38. The van der Waals surface area contributed by atoms with Gasteiger partial charge in [0.05, 0.1) is 5.92 Å². The zero-order valence-corrected chi connectivity index (χ0v) is 8.75. The van der Waals surface area contributed by atoms with Crippen LogP contribution in [-0.4, -0.2) is 43.9 Å². The first-order valence-corrected chi connectivity index (χ1v) is 5.83. The fourth-order valence-electron chi connectivity index (χ4n) is 1.47. The van der Waals surface area contributed by atoms with Gasteiger partial charge in [-0.3, -0.25) is 4.79 Å². The molecule has 0 amide bonds. The SMILES string of the molecule is CNS(=O)(=O)N1CCC(C(=O)O)CC1. The van der Waals surface area contributed by atoms with Gasteiger partial charge in [-0.15, -0.1) is 0 Å². The van der Waals surface area contributed by atoms with Gasteiger partial charge in [0, 0.05) is 20.1 Å². The number of hydrogen-bond acceptors (Lipinski definition) is 3. The molecule has 1 aliphatic heterocycles. The Morgan fingerprint density at radius 3 is 2.29 bits per heavy atom. The number of piperidine rings is 1. The lowest BCUT2D eigenvalue weighted by molar-refractivity contribution is -0.142. The molecule has 0 atom stereocenters. The van der Waals surface area contributed by atoms with Crippen molar-refractivity contribution in [3.8, 4) is 0 Å². The molecule has 7 heteroatoms. The summed E-state index contributed by atoms with van der Waals surface area (Å²) >= 11 is 0. The molecule has 1 rings (SSSR count). The highest BCUT2D eigenvalue weighted by molar-refractivity contribution is 7.87. The molecule has 0 saturated carbocycles. The van der Waals surface area contributed by atoms with Gasteiger partial charge in [0.15, 0.2) is 0 Å². The predicted octanol–water partition coefficient (Wildman–Crippen LogP) is -0.753. The van der Waals surface area contributed by atoms with Crippen LogP contribution in [0, 0.1) is 5.92 Å². The lowest BCUT2D eigenvalue weighted by atomic mass is 9.99. The molecule has 2 N–H and O–H groups in total. The van der Waals surface area contributed by atoms with Crippen molar-refractivity contribution < 1.29 is 18.3 Å². The Kier molecular flexibility index (Phi) is 3.46. The summed E-state index contributed by atoms with van der Waals surface area (Å²) in [6.45, 7) is 0.556. The molecule has 0 spiro atoms. The minimum Gasteiger partial charge on any atom is -0.481 e. The number of carboxylic acid groups (broad SMARTS) is 1. The molecule has 0 aromatic carbocycles. The van der Waals surface area contributed by atoms with E-state index in [1.54, 1.807) is 0 Å². The van der Waals surface area contributed by atoms with Gasteiger partial charge >= 0.3 is 5.97 Å². The number of hydrogen-bond donors (Lipinski definition) is 2. The molecule has 0 aromatic heterocycles. The summed E-state index contributed by atoms with van der Waals surface area (Å²) in [5, 5.41) is 8.70. The molecule has 1 fully saturated rings. The predicted molar refractivity (Wildman–Crippen MR) is 49.9 cm³/mol. The Balaban J connectivity index is 2.56. The van der Waals surface area contributed by atoms with Gasteiger partial charge in [-0.1, -0.05) is 0 Å². The van der Waals surface area contributed by atoms with Crippen LogP contribution < -0.4 is 4.72 Å². The maximum Gasteiger partial charge on any atom is 0.306 e. The zero-order valence-electron chi connectivity index (χ0n) is 7.93. The number of carbonyl (C=O) groups is 1. The second-order valence-electron chi connectivity index (χ2n) is 3.22.